The number of halogens is 1. The number of carbonyl (C=O) groups is 1. The molecule has 0 aromatic rings. The van der Waals surface area contributed by atoms with E-state index in [1.54, 1.807) is 0 Å². The molecule has 2 fully saturated rings. The Kier molecular flexibility index (Phi) is 6.09. The summed E-state index contributed by atoms with van der Waals surface area (Å²) in [6.07, 6.45) is 5.25. The van der Waals surface area contributed by atoms with Crippen molar-refractivity contribution in [3.63, 3.8) is 0 Å². The lowest BCUT2D eigenvalue weighted by atomic mass is 9.91. The molecular weight excluding hydrogens is 262 g/mol. The van der Waals surface area contributed by atoms with E-state index >= 15 is 0 Å². The molecular formula is C14H28ClN3O. The van der Waals surface area contributed by atoms with Crippen LogP contribution >= 0.6 is 12.4 Å². The second-order valence-corrected chi connectivity index (χ2v) is 5.92. The molecule has 5 heteroatoms. The first kappa shape index (κ1) is 16.7. The van der Waals surface area contributed by atoms with E-state index in [-0.39, 0.29) is 17.9 Å². The Morgan fingerprint density at radius 1 is 1.42 bits per heavy atom. The molecule has 4 nitrogen and oxygen atoms in total. The molecule has 2 aliphatic heterocycles. The molecule has 0 aromatic heterocycles. The molecule has 2 heterocycles. The van der Waals surface area contributed by atoms with E-state index in [0.717, 1.165) is 51.7 Å². The number of piperidine rings is 1. The quantitative estimate of drug-likeness (QED) is 0.855. The van der Waals surface area contributed by atoms with Crippen LogP contribution in [0.4, 0.5) is 0 Å². The molecule has 1 unspecified atom stereocenters. The van der Waals surface area contributed by atoms with Gasteiger partial charge in [-0.1, -0.05) is 6.92 Å². The highest BCUT2D eigenvalue weighted by Gasteiger charge is 2.42. The predicted octanol–water partition coefficient (Wildman–Crippen LogP) is 1.49. The maximum Gasteiger partial charge on any atom is 0.242 e. The third-order valence-electron chi connectivity index (χ3n) is 4.81. The van der Waals surface area contributed by atoms with Gasteiger partial charge in [-0.05, 0) is 58.8 Å². The molecule has 2 aliphatic rings. The summed E-state index contributed by atoms with van der Waals surface area (Å²) in [5.74, 6) is 0.317. The van der Waals surface area contributed by atoms with Crippen LogP contribution in [0.15, 0.2) is 0 Å². The van der Waals surface area contributed by atoms with E-state index in [0.29, 0.717) is 11.9 Å². The Bertz CT molecular complexity index is 297. The lowest BCUT2D eigenvalue weighted by Crippen LogP contribution is -2.57. The van der Waals surface area contributed by atoms with Crippen molar-refractivity contribution in [2.75, 3.05) is 33.7 Å². The number of amides is 1. The van der Waals surface area contributed by atoms with Gasteiger partial charge >= 0.3 is 0 Å². The van der Waals surface area contributed by atoms with Crippen molar-refractivity contribution in [1.82, 2.24) is 15.1 Å². The molecule has 2 saturated heterocycles. The highest BCUT2D eigenvalue weighted by molar-refractivity contribution is 5.86. The molecule has 0 radical (unpaired) electrons. The van der Waals surface area contributed by atoms with Gasteiger partial charge in [-0.25, -0.2) is 0 Å². The van der Waals surface area contributed by atoms with Gasteiger partial charge in [0.15, 0.2) is 0 Å². The van der Waals surface area contributed by atoms with Crippen LogP contribution in [-0.2, 0) is 4.79 Å². The first-order valence-corrected chi connectivity index (χ1v) is 7.30. The van der Waals surface area contributed by atoms with Crippen molar-refractivity contribution in [2.24, 2.45) is 0 Å². The summed E-state index contributed by atoms with van der Waals surface area (Å²) in [5, 5.41) is 3.45. The van der Waals surface area contributed by atoms with Crippen LogP contribution in [0.3, 0.4) is 0 Å². The normalized spacial score (nSPS) is 29.0. The van der Waals surface area contributed by atoms with E-state index in [1.807, 2.05) is 11.9 Å². The third kappa shape index (κ3) is 3.41. The Hall–Kier alpha value is -0.320. The van der Waals surface area contributed by atoms with Crippen LogP contribution in [-0.4, -0.2) is 61.0 Å². The van der Waals surface area contributed by atoms with Crippen LogP contribution in [0, 0.1) is 0 Å². The Labute approximate surface area is 123 Å². The Morgan fingerprint density at radius 3 is 2.53 bits per heavy atom. The zero-order chi connectivity index (χ0) is 13.2. The van der Waals surface area contributed by atoms with Gasteiger partial charge in [-0.3, -0.25) is 4.79 Å². The van der Waals surface area contributed by atoms with E-state index < -0.39 is 0 Å². The highest BCUT2D eigenvalue weighted by Crippen LogP contribution is 2.27. The van der Waals surface area contributed by atoms with Crippen molar-refractivity contribution in [2.45, 2.75) is 50.6 Å². The largest absolute Gasteiger partial charge is 0.341 e. The first-order chi connectivity index (χ1) is 8.59. The van der Waals surface area contributed by atoms with Crippen molar-refractivity contribution in [3.8, 4) is 0 Å². The van der Waals surface area contributed by atoms with Crippen LogP contribution in [0.25, 0.3) is 0 Å². The number of carbonyl (C=O) groups excluding carboxylic acids is 1. The average molecular weight is 290 g/mol. The van der Waals surface area contributed by atoms with Gasteiger partial charge in [0.2, 0.25) is 5.91 Å². The number of hydrogen-bond donors (Lipinski definition) is 1. The summed E-state index contributed by atoms with van der Waals surface area (Å²) in [7, 11) is 4.15. The zero-order valence-electron chi connectivity index (χ0n) is 12.4. The minimum atomic E-state index is -0.266. The molecule has 0 bridgehead atoms. The van der Waals surface area contributed by atoms with Gasteiger partial charge in [0.1, 0.15) is 0 Å². The fraction of sp³-hybridized carbons (Fsp3) is 0.929. The zero-order valence-corrected chi connectivity index (χ0v) is 13.3. The number of nitrogens with zero attached hydrogens (tertiary/aromatic N) is 2. The standard InChI is InChI=1S/C14H27N3O.ClH/c1-4-14(8-5-9-15-14)13(18)17(3)12-6-10-16(2)11-7-12;/h12,15H,4-11H2,1-3H3;1H. The summed E-state index contributed by atoms with van der Waals surface area (Å²) >= 11 is 0. The third-order valence-corrected chi connectivity index (χ3v) is 4.81. The number of hydrogen-bond acceptors (Lipinski definition) is 3. The summed E-state index contributed by atoms with van der Waals surface area (Å²) < 4.78 is 0. The highest BCUT2D eigenvalue weighted by atomic mass is 35.5. The van der Waals surface area contributed by atoms with Gasteiger partial charge in [-0.2, -0.15) is 0 Å². The fourth-order valence-corrected chi connectivity index (χ4v) is 3.33. The lowest BCUT2D eigenvalue weighted by Gasteiger charge is -2.39. The van der Waals surface area contributed by atoms with Crippen LogP contribution < -0.4 is 5.32 Å². The van der Waals surface area contributed by atoms with Gasteiger partial charge in [0, 0.05) is 13.1 Å². The van der Waals surface area contributed by atoms with Crippen molar-refractivity contribution in [1.29, 1.82) is 0 Å². The van der Waals surface area contributed by atoms with Crippen LogP contribution in [0.2, 0.25) is 0 Å². The van der Waals surface area contributed by atoms with E-state index in [9.17, 15) is 4.79 Å². The van der Waals surface area contributed by atoms with Crippen LogP contribution in [0.5, 0.6) is 0 Å². The van der Waals surface area contributed by atoms with E-state index in [1.165, 1.54) is 0 Å². The second-order valence-electron chi connectivity index (χ2n) is 5.92. The number of likely N-dealkylation sites (tertiary alicyclic amines) is 1. The fourth-order valence-electron chi connectivity index (χ4n) is 3.33. The molecule has 2 rings (SSSR count). The van der Waals surface area contributed by atoms with E-state index in [2.05, 4.69) is 24.2 Å². The molecule has 0 saturated carbocycles. The summed E-state index contributed by atoms with van der Waals surface area (Å²) in [5.41, 5.74) is -0.266. The minimum Gasteiger partial charge on any atom is -0.341 e. The predicted molar refractivity (Wildman–Crippen MR) is 80.8 cm³/mol. The molecule has 0 aromatic carbocycles. The van der Waals surface area contributed by atoms with E-state index in [4.69, 9.17) is 0 Å². The summed E-state index contributed by atoms with van der Waals surface area (Å²) in [6, 6.07) is 0.430. The molecule has 1 atom stereocenters. The van der Waals surface area contributed by atoms with Gasteiger partial charge in [0.25, 0.3) is 0 Å². The average Bonchev–Trinajstić information content (AvgIpc) is 2.88. The smallest absolute Gasteiger partial charge is 0.242 e. The number of nitrogens with one attached hydrogen (secondary N) is 1. The monoisotopic (exact) mass is 289 g/mol. The minimum absolute atomic E-state index is 0. The molecule has 0 spiro atoms. The number of rotatable bonds is 3. The molecule has 1 N–H and O–H groups in total. The number of likely N-dealkylation sites (N-methyl/N-ethyl adjacent to an activating group) is 1. The molecule has 1 amide bonds. The summed E-state index contributed by atoms with van der Waals surface area (Å²) in [6.45, 7) is 5.32. The molecule has 19 heavy (non-hydrogen) atoms. The first-order valence-electron chi connectivity index (χ1n) is 7.30. The Morgan fingerprint density at radius 2 is 2.05 bits per heavy atom. The van der Waals surface area contributed by atoms with Gasteiger partial charge in [-0.15, -0.1) is 12.4 Å². The van der Waals surface area contributed by atoms with Crippen LogP contribution in [0.1, 0.15) is 39.0 Å². The maximum absolute atomic E-state index is 12.7. The molecule has 112 valence electrons. The topological polar surface area (TPSA) is 35.6 Å². The lowest BCUT2D eigenvalue weighted by molar-refractivity contribution is -0.139. The van der Waals surface area contributed by atoms with Crippen molar-refractivity contribution >= 4 is 18.3 Å². The van der Waals surface area contributed by atoms with Gasteiger partial charge in [0.05, 0.1) is 5.54 Å². The van der Waals surface area contributed by atoms with Crippen molar-refractivity contribution in [3.05, 3.63) is 0 Å². The Balaban J connectivity index is 0.00000180. The molecule has 0 aliphatic carbocycles. The summed E-state index contributed by atoms with van der Waals surface area (Å²) in [4.78, 5) is 17.1. The SMILES string of the molecule is CCC1(C(=O)N(C)C2CCN(C)CC2)CCCN1.Cl. The second kappa shape index (κ2) is 6.91. The van der Waals surface area contributed by atoms with Crippen molar-refractivity contribution < 1.29 is 4.79 Å². The maximum atomic E-state index is 12.7. The van der Waals surface area contributed by atoms with Gasteiger partial charge < -0.3 is 15.1 Å².